The molecule has 1 fully saturated rings. The Morgan fingerprint density at radius 3 is 2.42 bits per heavy atom. The summed E-state index contributed by atoms with van der Waals surface area (Å²) in [6.07, 6.45) is 1.000. The van der Waals surface area contributed by atoms with Crippen LogP contribution in [0.3, 0.4) is 0 Å². The van der Waals surface area contributed by atoms with Crippen molar-refractivity contribution in [1.29, 1.82) is 0 Å². The third-order valence-electron chi connectivity index (χ3n) is 2.84. The second kappa shape index (κ2) is 7.03. The van der Waals surface area contributed by atoms with Gasteiger partial charge in [0.1, 0.15) is 5.60 Å². The van der Waals surface area contributed by atoms with Gasteiger partial charge in [-0.2, -0.15) is 11.8 Å². The van der Waals surface area contributed by atoms with Crippen molar-refractivity contribution in [2.45, 2.75) is 45.3 Å². The Morgan fingerprint density at radius 2 is 1.84 bits per heavy atom. The topological polar surface area (TPSA) is 64.6 Å². The van der Waals surface area contributed by atoms with E-state index in [9.17, 15) is 9.59 Å². The summed E-state index contributed by atoms with van der Waals surface area (Å²) in [7, 11) is 1.38. The highest BCUT2D eigenvalue weighted by molar-refractivity contribution is 7.99. The molecule has 1 heterocycles. The van der Waals surface area contributed by atoms with Crippen LogP contribution >= 0.6 is 11.8 Å². The van der Waals surface area contributed by atoms with Gasteiger partial charge in [0.25, 0.3) is 0 Å². The molecule has 0 aromatic carbocycles. The van der Waals surface area contributed by atoms with E-state index in [0.717, 1.165) is 24.3 Å². The number of rotatable bonds is 2. The first-order valence-corrected chi connectivity index (χ1v) is 7.64. The van der Waals surface area contributed by atoms with Crippen molar-refractivity contribution in [3.05, 3.63) is 0 Å². The predicted octanol–water partition coefficient (Wildman–Crippen LogP) is 2.20. The molecule has 5 nitrogen and oxygen atoms in total. The molecule has 0 bridgehead atoms. The predicted molar refractivity (Wildman–Crippen MR) is 75.2 cm³/mol. The summed E-state index contributed by atoms with van der Waals surface area (Å²) < 4.78 is 10.1. The van der Waals surface area contributed by atoms with Crippen LogP contribution < -0.4 is 5.32 Å². The van der Waals surface area contributed by atoms with Gasteiger partial charge in [-0.1, -0.05) is 0 Å². The van der Waals surface area contributed by atoms with Crippen molar-refractivity contribution < 1.29 is 19.1 Å². The summed E-state index contributed by atoms with van der Waals surface area (Å²) in [5.41, 5.74) is -0.537. The van der Waals surface area contributed by atoms with Gasteiger partial charge in [0.05, 0.1) is 13.0 Å². The lowest BCUT2D eigenvalue weighted by atomic mass is 9.95. The number of amides is 1. The number of hydrogen-bond donors (Lipinski definition) is 1. The lowest BCUT2D eigenvalue weighted by Gasteiger charge is -2.26. The molecule has 1 saturated heterocycles. The molecule has 0 unspecified atom stereocenters. The fourth-order valence-electron chi connectivity index (χ4n) is 1.99. The highest BCUT2D eigenvalue weighted by Gasteiger charge is 2.32. The standard InChI is InChI=1S/C13H23NO4S/c1-13(2,3)18-12(16)14-10-6-8-19-7-5-9(10)11(15)17-4/h9-10H,5-8H2,1-4H3,(H,14,16)/t9-,10+/m0/s1. The summed E-state index contributed by atoms with van der Waals surface area (Å²) >= 11 is 1.79. The molecule has 0 aromatic rings. The number of carbonyl (C=O) groups excluding carboxylic acids is 2. The molecule has 110 valence electrons. The van der Waals surface area contributed by atoms with Crippen LogP contribution in [0, 0.1) is 5.92 Å². The summed E-state index contributed by atoms with van der Waals surface area (Å²) in [5.74, 6) is 1.29. The first-order chi connectivity index (χ1) is 8.83. The van der Waals surface area contributed by atoms with Crippen LogP contribution in [0.25, 0.3) is 0 Å². The molecule has 0 aromatic heterocycles. The molecule has 1 amide bonds. The number of carbonyl (C=O) groups is 2. The summed E-state index contributed by atoms with van der Waals surface area (Å²) in [6, 6.07) is -0.211. The average Bonchev–Trinajstić information content (AvgIpc) is 2.51. The van der Waals surface area contributed by atoms with E-state index in [4.69, 9.17) is 9.47 Å². The number of ether oxygens (including phenoxy) is 2. The van der Waals surface area contributed by atoms with Gasteiger partial charge in [-0.3, -0.25) is 4.79 Å². The van der Waals surface area contributed by atoms with Crippen LogP contribution in [-0.2, 0) is 14.3 Å². The van der Waals surface area contributed by atoms with Gasteiger partial charge in [0.2, 0.25) is 0 Å². The minimum absolute atomic E-state index is 0.211. The SMILES string of the molecule is COC(=O)[C@H]1CCSCC[C@H]1NC(=O)OC(C)(C)C. The van der Waals surface area contributed by atoms with Crippen molar-refractivity contribution in [2.75, 3.05) is 18.6 Å². The Hall–Kier alpha value is -0.910. The highest BCUT2D eigenvalue weighted by atomic mass is 32.2. The van der Waals surface area contributed by atoms with Crippen LogP contribution in [-0.4, -0.2) is 42.3 Å². The van der Waals surface area contributed by atoms with E-state index in [2.05, 4.69) is 5.32 Å². The van der Waals surface area contributed by atoms with Crippen molar-refractivity contribution >= 4 is 23.8 Å². The van der Waals surface area contributed by atoms with Crippen LogP contribution in [0.1, 0.15) is 33.6 Å². The third kappa shape index (κ3) is 5.72. The smallest absolute Gasteiger partial charge is 0.407 e. The highest BCUT2D eigenvalue weighted by Crippen LogP contribution is 2.24. The second-order valence-electron chi connectivity index (χ2n) is 5.57. The molecule has 1 aliphatic heterocycles. The fraction of sp³-hybridized carbons (Fsp3) is 0.846. The maximum absolute atomic E-state index is 11.8. The number of alkyl carbamates (subject to hydrolysis) is 1. The number of hydrogen-bond acceptors (Lipinski definition) is 5. The fourth-order valence-corrected chi connectivity index (χ4v) is 3.04. The van der Waals surface area contributed by atoms with Gasteiger partial charge < -0.3 is 14.8 Å². The Morgan fingerprint density at radius 1 is 1.21 bits per heavy atom. The lowest BCUT2D eigenvalue weighted by Crippen LogP contribution is -2.45. The number of methoxy groups -OCH3 is 1. The zero-order valence-electron chi connectivity index (χ0n) is 12.0. The zero-order valence-corrected chi connectivity index (χ0v) is 12.8. The maximum atomic E-state index is 11.8. The maximum Gasteiger partial charge on any atom is 0.407 e. The Labute approximate surface area is 118 Å². The van der Waals surface area contributed by atoms with Gasteiger partial charge in [-0.25, -0.2) is 4.79 Å². The van der Waals surface area contributed by atoms with E-state index < -0.39 is 11.7 Å². The lowest BCUT2D eigenvalue weighted by molar-refractivity contribution is -0.146. The van der Waals surface area contributed by atoms with Crippen molar-refractivity contribution in [2.24, 2.45) is 5.92 Å². The van der Waals surface area contributed by atoms with Crippen LogP contribution in [0.4, 0.5) is 4.79 Å². The van der Waals surface area contributed by atoms with Crippen LogP contribution in [0.2, 0.25) is 0 Å². The van der Waals surface area contributed by atoms with Crippen molar-refractivity contribution in [1.82, 2.24) is 5.32 Å². The summed E-state index contributed by atoms with van der Waals surface area (Å²) in [6.45, 7) is 5.44. The quantitative estimate of drug-likeness (QED) is 0.789. The normalized spacial score (nSPS) is 24.2. The minimum atomic E-state index is -0.537. The average molecular weight is 289 g/mol. The molecule has 1 N–H and O–H groups in total. The number of thioether (sulfide) groups is 1. The van der Waals surface area contributed by atoms with E-state index in [1.165, 1.54) is 7.11 Å². The molecule has 0 aliphatic carbocycles. The molecule has 1 rings (SSSR count). The monoisotopic (exact) mass is 289 g/mol. The van der Waals surface area contributed by atoms with E-state index >= 15 is 0 Å². The largest absolute Gasteiger partial charge is 0.469 e. The number of esters is 1. The Bertz CT molecular complexity index is 327. The van der Waals surface area contributed by atoms with E-state index in [1.54, 1.807) is 11.8 Å². The molecule has 0 saturated carbocycles. The van der Waals surface area contributed by atoms with Gasteiger partial charge in [-0.15, -0.1) is 0 Å². The molecule has 2 atom stereocenters. The van der Waals surface area contributed by atoms with E-state index in [1.807, 2.05) is 20.8 Å². The molecule has 1 aliphatic rings. The van der Waals surface area contributed by atoms with Crippen LogP contribution in [0.5, 0.6) is 0 Å². The minimum Gasteiger partial charge on any atom is -0.469 e. The Kier molecular flexibility index (Phi) is 5.97. The number of nitrogens with one attached hydrogen (secondary N) is 1. The van der Waals surface area contributed by atoms with Crippen molar-refractivity contribution in [3.8, 4) is 0 Å². The molecular weight excluding hydrogens is 266 g/mol. The summed E-state index contributed by atoms with van der Waals surface area (Å²) in [5, 5.41) is 2.81. The molecule has 0 spiro atoms. The second-order valence-corrected chi connectivity index (χ2v) is 6.80. The molecule has 19 heavy (non-hydrogen) atoms. The van der Waals surface area contributed by atoms with Gasteiger partial charge in [0.15, 0.2) is 0 Å². The van der Waals surface area contributed by atoms with Gasteiger partial charge in [0, 0.05) is 6.04 Å². The molecular formula is C13H23NO4S. The van der Waals surface area contributed by atoms with Gasteiger partial charge in [-0.05, 0) is 45.1 Å². The third-order valence-corrected chi connectivity index (χ3v) is 3.89. The first-order valence-electron chi connectivity index (χ1n) is 6.48. The van der Waals surface area contributed by atoms with Crippen LogP contribution in [0.15, 0.2) is 0 Å². The molecule has 6 heteroatoms. The van der Waals surface area contributed by atoms with E-state index in [-0.39, 0.29) is 17.9 Å². The first kappa shape index (κ1) is 16.1. The van der Waals surface area contributed by atoms with E-state index in [0.29, 0.717) is 0 Å². The van der Waals surface area contributed by atoms with Crippen molar-refractivity contribution in [3.63, 3.8) is 0 Å². The zero-order chi connectivity index (χ0) is 14.5. The van der Waals surface area contributed by atoms with Gasteiger partial charge >= 0.3 is 12.1 Å². The molecule has 0 radical (unpaired) electrons. The summed E-state index contributed by atoms with van der Waals surface area (Å²) in [4.78, 5) is 23.6. The Balaban J connectivity index is 2.65.